The van der Waals surface area contributed by atoms with E-state index in [9.17, 15) is 14.4 Å². The van der Waals surface area contributed by atoms with Gasteiger partial charge in [0, 0.05) is 19.2 Å². The van der Waals surface area contributed by atoms with Crippen molar-refractivity contribution in [2.75, 3.05) is 27.3 Å². The van der Waals surface area contributed by atoms with Crippen molar-refractivity contribution in [3.63, 3.8) is 0 Å². The number of amides is 2. The summed E-state index contributed by atoms with van der Waals surface area (Å²) in [6.45, 7) is -0.204. The van der Waals surface area contributed by atoms with E-state index in [-0.39, 0.29) is 18.4 Å². The Morgan fingerprint density at radius 1 is 1.07 bits per heavy atom. The maximum absolute atomic E-state index is 12.2. The van der Waals surface area contributed by atoms with Gasteiger partial charge < -0.3 is 24.8 Å². The van der Waals surface area contributed by atoms with Gasteiger partial charge >= 0.3 is 5.97 Å². The number of nitrogens with one attached hydrogen (secondary N) is 1. The predicted octanol–water partition coefficient (Wildman–Crippen LogP) is 1.55. The van der Waals surface area contributed by atoms with Crippen LogP contribution in [0.1, 0.15) is 15.9 Å². The van der Waals surface area contributed by atoms with Crippen LogP contribution in [0.2, 0.25) is 0 Å². The second-order valence-corrected chi connectivity index (χ2v) is 5.99. The number of methoxy groups -OCH3 is 1. The van der Waals surface area contributed by atoms with Gasteiger partial charge in [-0.3, -0.25) is 9.59 Å². The van der Waals surface area contributed by atoms with Gasteiger partial charge in [0.1, 0.15) is 11.5 Å². The lowest BCUT2D eigenvalue weighted by Crippen LogP contribution is -2.37. The van der Waals surface area contributed by atoms with Crippen LogP contribution >= 0.6 is 0 Å². The third kappa shape index (κ3) is 6.31. The standard InChI is InChI=1S/C20H22N2O6/c1-22(12-14-6-8-16(9-7-14)28-13-19(24)25)18(23)11-21-20(26)15-4-3-5-17(10-15)27-2/h3-10H,11-13H2,1-2H3,(H,21,26)(H,24,25). The molecule has 0 aliphatic heterocycles. The molecule has 0 heterocycles. The Bertz CT molecular complexity index is 835. The fourth-order valence-electron chi connectivity index (χ4n) is 2.36. The van der Waals surface area contributed by atoms with Gasteiger partial charge in [-0.1, -0.05) is 18.2 Å². The Kier molecular flexibility index (Phi) is 7.38. The number of hydrogen-bond donors (Lipinski definition) is 2. The highest BCUT2D eigenvalue weighted by atomic mass is 16.5. The zero-order valence-corrected chi connectivity index (χ0v) is 15.7. The normalized spacial score (nSPS) is 10.1. The molecule has 0 unspecified atom stereocenters. The van der Waals surface area contributed by atoms with Gasteiger partial charge in [-0.25, -0.2) is 4.79 Å². The minimum Gasteiger partial charge on any atom is -0.497 e. The molecule has 148 valence electrons. The number of hydrogen-bond acceptors (Lipinski definition) is 5. The summed E-state index contributed by atoms with van der Waals surface area (Å²) in [4.78, 5) is 36.4. The van der Waals surface area contributed by atoms with E-state index in [0.29, 0.717) is 23.6 Å². The Labute approximate surface area is 162 Å². The number of rotatable bonds is 9. The molecule has 0 aliphatic carbocycles. The number of nitrogens with zero attached hydrogens (tertiary/aromatic N) is 1. The minimum absolute atomic E-state index is 0.133. The summed E-state index contributed by atoms with van der Waals surface area (Å²) >= 11 is 0. The third-order valence-corrected chi connectivity index (χ3v) is 3.86. The third-order valence-electron chi connectivity index (χ3n) is 3.86. The average molecular weight is 386 g/mol. The molecule has 2 N–H and O–H groups in total. The van der Waals surface area contributed by atoms with Crippen molar-refractivity contribution in [3.05, 3.63) is 59.7 Å². The number of ether oxygens (including phenoxy) is 2. The Hall–Kier alpha value is -3.55. The number of carboxylic acid groups (broad SMARTS) is 1. The highest BCUT2D eigenvalue weighted by Gasteiger charge is 2.13. The molecule has 0 fully saturated rings. The van der Waals surface area contributed by atoms with E-state index in [1.807, 2.05) is 0 Å². The molecule has 8 nitrogen and oxygen atoms in total. The first-order chi connectivity index (χ1) is 13.4. The monoisotopic (exact) mass is 386 g/mol. The van der Waals surface area contributed by atoms with Crippen LogP contribution in [-0.4, -0.2) is 55.1 Å². The van der Waals surface area contributed by atoms with Gasteiger partial charge in [-0.2, -0.15) is 0 Å². The van der Waals surface area contributed by atoms with Crippen LogP contribution in [0.3, 0.4) is 0 Å². The summed E-state index contributed by atoms with van der Waals surface area (Å²) in [5.41, 5.74) is 1.25. The molecule has 2 aromatic carbocycles. The zero-order valence-electron chi connectivity index (χ0n) is 15.7. The molecule has 8 heteroatoms. The van der Waals surface area contributed by atoms with E-state index >= 15 is 0 Å². The molecule has 0 radical (unpaired) electrons. The van der Waals surface area contributed by atoms with E-state index in [2.05, 4.69) is 5.32 Å². The summed E-state index contributed by atoms with van der Waals surface area (Å²) in [7, 11) is 3.15. The minimum atomic E-state index is -1.05. The second kappa shape index (κ2) is 9.96. The van der Waals surface area contributed by atoms with Crippen molar-refractivity contribution >= 4 is 17.8 Å². The fourth-order valence-corrected chi connectivity index (χ4v) is 2.36. The molecule has 0 spiro atoms. The summed E-state index contributed by atoms with van der Waals surface area (Å²) in [5.74, 6) is -0.661. The molecular weight excluding hydrogens is 364 g/mol. The maximum Gasteiger partial charge on any atom is 0.341 e. The van der Waals surface area contributed by atoms with E-state index in [1.54, 1.807) is 55.6 Å². The molecule has 2 aromatic rings. The average Bonchev–Trinajstić information content (AvgIpc) is 2.71. The SMILES string of the molecule is COc1cccc(C(=O)NCC(=O)N(C)Cc2ccc(OCC(=O)O)cc2)c1. The summed E-state index contributed by atoms with van der Waals surface area (Å²) in [5, 5.41) is 11.2. The molecule has 0 atom stereocenters. The van der Waals surface area contributed by atoms with Crippen LogP contribution < -0.4 is 14.8 Å². The lowest BCUT2D eigenvalue weighted by atomic mass is 10.2. The van der Waals surface area contributed by atoms with Crippen LogP contribution in [0.4, 0.5) is 0 Å². The summed E-state index contributed by atoms with van der Waals surface area (Å²) < 4.78 is 10.1. The molecular formula is C20H22N2O6. The number of benzene rings is 2. The molecule has 0 aliphatic rings. The molecule has 0 saturated heterocycles. The molecule has 0 saturated carbocycles. The fraction of sp³-hybridized carbons (Fsp3) is 0.250. The Morgan fingerprint density at radius 2 is 1.79 bits per heavy atom. The van der Waals surface area contributed by atoms with Gasteiger partial charge in [-0.15, -0.1) is 0 Å². The van der Waals surface area contributed by atoms with Crippen molar-refractivity contribution < 1.29 is 29.0 Å². The quantitative estimate of drug-likeness (QED) is 0.677. The number of carbonyl (C=O) groups is 3. The van der Waals surface area contributed by atoms with E-state index in [0.717, 1.165) is 5.56 Å². The molecule has 2 amide bonds. The summed E-state index contributed by atoms with van der Waals surface area (Å²) in [6.07, 6.45) is 0. The van der Waals surface area contributed by atoms with Crippen molar-refractivity contribution in [3.8, 4) is 11.5 Å². The maximum atomic E-state index is 12.2. The van der Waals surface area contributed by atoms with E-state index in [4.69, 9.17) is 14.6 Å². The van der Waals surface area contributed by atoms with Gasteiger partial charge in [0.2, 0.25) is 5.91 Å². The molecule has 2 rings (SSSR count). The lowest BCUT2D eigenvalue weighted by Gasteiger charge is -2.18. The molecule has 0 bridgehead atoms. The van der Waals surface area contributed by atoms with Crippen molar-refractivity contribution in [1.82, 2.24) is 10.2 Å². The van der Waals surface area contributed by atoms with Crippen LogP contribution in [0.5, 0.6) is 11.5 Å². The van der Waals surface area contributed by atoms with E-state index in [1.165, 1.54) is 12.0 Å². The topological polar surface area (TPSA) is 105 Å². The second-order valence-electron chi connectivity index (χ2n) is 5.99. The first-order valence-electron chi connectivity index (χ1n) is 8.49. The van der Waals surface area contributed by atoms with Crippen molar-refractivity contribution in [2.45, 2.75) is 6.54 Å². The number of aliphatic carboxylic acids is 1. The number of carbonyl (C=O) groups excluding carboxylic acids is 2. The van der Waals surface area contributed by atoms with Gasteiger partial charge in [0.15, 0.2) is 6.61 Å². The zero-order chi connectivity index (χ0) is 20.5. The van der Waals surface area contributed by atoms with Crippen LogP contribution in [-0.2, 0) is 16.1 Å². The molecule has 0 aromatic heterocycles. The van der Waals surface area contributed by atoms with Gasteiger partial charge in [-0.05, 0) is 35.9 Å². The number of carboxylic acids is 1. The first-order valence-corrected chi connectivity index (χ1v) is 8.49. The van der Waals surface area contributed by atoms with E-state index < -0.39 is 12.6 Å². The predicted molar refractivity (Wildman–Crippen MR) is 101 cm³/mol. The smallest absolute Gasteiger partial charge is 0.341 e. The van der Waals surface area contributed by atoms with Crippen molar-refractivity contribution in [1.29, 1.82) is 0 Å². The largest absolute Gasteiger partial charge is 0.497 e. The highest BCUT2D eigenvalue weighted by Crippen LogP contribution is 2.14. The van der Waals surface area contributed by atoms with Gasteiger partial charge in [0.05, 0.1) is 13.7 Å². The lowest BCUT2D eigenvalue weighted by molar-refractivity contribution is -0.139. The number of likely N-dealkylation sites (N-methyl/N-ethyl adjacent to an activating group) is 1. The first kappa shape index (κ1) is 20.8. The summed E-state index contributed by atoms with van der Waals surface area (Å²) in [6, 6.07) is 13.4. The molecule has 28 heavy (non-hydrogen) atoms. The van der Waals surface area contributed by atoms with Crippen molar-refractivity contribution in [2.24, 2.45) is 0 Å². The van der Waals surface area contributed by atoms with Crippen LogP contribution in [0, 0.1) is 0 Å². The van der Waals surface area contributed by atoms with Crippen LogP contribution in [0.15, 0.2) is 48.5 Å². The highest BCUT2D eigenvalue weighted by molar-refractivity contribution is 5.96. The van der Waals surface area contributed by atoms with Crippen LogP contribution in [0.25, 0.3) is 0 Å². The Morgan fingerprint density at radius 3 is 2.43 bits per heavy atom. The Balaban J connectivity index is 1.83. The van der Waals surface area contributed by atoms with Gasteiger partial charge in [0.25, 0.3) is 5.91 Å².